The summed E-state index contributed by atoms with van der Waals surface area (Å²) in [4.78, 5) is 16.9. The molecule has 0 bridgehead atoms. The molecule has 1 aromatic rings. The number of amides is 1. The Balaban J connectivity index is 1.67. The molecule has 3 rings (SSSR count). The summed E-state index contributed by atoms with van der Waals surface area (Å²) in [7, 11) is 2.30. The van der Waals surface area contributed by atoms with Gasteiger partial charge in [-0.05, 0) is 68.3 Å². The van der Waals surface area contributed by atoms with Crippen molar-refractivity contribution in [2.24, 2.45) is 11.8 Å². The van der Waals surface area contributed by atoms with Crippen LogP contribution in [0.4, 0.5) is 4.79 Å². The molecule has 2 aliphatic rings. The molecular formula is C34H59N3O4SSi. The van der Waals surface area contributed by atoms with E-state index in [0.29, 0.717) is 38.6 Å². The molecule has 1 heterocycles. The van der Waals surface area contributed by atoms with E-state index < -0.39 is 13.7 Å². The van der Waals surface area contributed by atoms with Crippen LogP contribution in [-0.2, 0) is 15.1 Å². The molecule has 3 atom stereocenters. The quantitative estimate of drug-likeness (QED) is 0.122. The van der Waals surface area contributed by atoms with Crippen LogP contribution in [0.2, 0.25) is 25.7 Å². The van der Waals surface area contributed by atoms with E-state index in [4.69, 9.17) is 21.7 Å². The smallest absolute Gasteiger partial charge is 0.409 e. The van der Waals surface area contributed by atoms with Crippen molar-refractivity contribution >= 4 is 31.5 Å². The summed E-state index contributed by atoms with van der Waals surface area (Å²) < 4.78 is 10.9. The third-order valence-electron chi connectivity index (χ3n) is 9.37. The van der Waals surface area contributed by atoms with Gasteiger partial charge >= 0.3 is 6.09 Å². The number of benzene rings is 1. The number of nitrogens with one attached hydrogen (secondary N) is 1. The Labute approximate surface area is 268 Å². The zero-order valence-electron chi connectivity index (χ0n) is 27.6. The van der Waals surface area contributed by atoms with Gasteiger partial charge in [0.25, 0.3) is 0 Å². The lowest BCUT2D eigenvalue weighted by atomic mass is 9.74. The number of carbonyl (C=O) groups is 1. The van der Waals surface area contributed by atoms with Crippen molar-refractivity contribution in [3.05, 3.63) is 35.9 Å². The Bertz CT molecular complexity index is 972. The summed E-state index contributed by atoms with van der Waals surface area (Å²) in [5.41, 5.74) is 0.0765. The standard InChI is InChI=1S/C34H59N3O4SSi/c1-36(33(38)41-23-24-43(3,4)5)27-31(25-28-15-8-6-9-16-28)35-32(42)37-21-14-19-30(26-37)34(39,20-12-13-22-40-2)29-17-10-7-11-18-29/h7,10-11,17-18,28,30-31,39H,6,8-9,12-16,19-27H2,1-5H3,(H,35,42)/t30-,31+,34-/m1/s1. The van der Waals surface area contributed by atoms with Gasteiger partial charge in [-0.1, -0.05) is 82.1 Å². The molecule has 9 heteroatoms. The van der Waals surface area contributed by atoms with E-state index in [0.717, 1.165) is 55.4 Å². The Hall–Kier alpha value is -1.68. The molecule has 2 N–H and O–H groups in total. The number of likely N-dealkylation sites (N-methyl/N-ethyl adjacent to an activating group) is 1. The first-order chi connectivity index (χ1) is 20.5. The summed E-state index contributed by atoms with van der Waals surface area (Å²) in [5.74, 6) is 0.724. The molecule has 1 saturated heterocycles. The minimum absolute atomic E-state index is 0.0626. The number of aliphatic hydroxyl groups is 1. The fourth-order valence-corrected chi connectivity index (χ4v) is 7.78. The second-order valence-electron chi connectivity index (χ2n) is 14.2. The predicted molar refractivity (Wildman–Crippen MR) is 183 cm³/mol. The third-order valence-corrected chi connectivity index (χ3v) is 11.4. The second-order valence-corrected chi connectivity index (χ2v) is 20.2. The number of hydrogen-bond donors (Lipinski definition) is 2. The highest BCUT2D eigenvalue weighted by molar-refractivity contribution is 7.80. The van der Waals surface area contributed by atoms with Gasteiger partial charge in [0, 0.05) is 60.4 Å². The zero-order chi connectivity index (χ0) is 31.3. The van der Waals surface area contributed by atoms with Gasteiger partial charge in [0.15, 0.2) is 5.11 Å². The number of piperidine rings is 1. The molecule has 0 radical (unpaired) electrons. The number of unbranched alkanes of at least 4 members (excludes halogenated alkanes) is 1. The van der Waals surface area contributed by atoms with Crippen LogP contribution >= 0.6 is 12.2 Å². The lowest BCUT2D eigenvalue weighted by molar-refractivity contribution is -0.0541. The SMILES string of the molecule is COCCCC[C@@](O)(c1ccccc1)[C@@H]1CCCN(C(=S)N[C@@H](CC2CCCCC2)CN(C)C(=O)OCC[Si](C)(C)C)C1. The van der Waals surface area contributed by atoms with Gasteiger partial charge in [0.2, 0.25) is 0 Å². The van der Waals surface area contributed by atoms with Gasteiger partial charge < -0.3 is 29.7 Å². The molecule has 7 nitrogen and oxygen atoms in total. The van der Waals surface area contributed by atoms with Crippen LogP contribution in [0.15, 0.2) is 30.3 Å². The number of nitrogens with zero attached hydrogens (tertiary/aromatic N) is 2. The highest BCUT2D eigenvalue weighted by atomic mass is 32.1. The molecule has 1 amide bonds. The summed E-state index contributed by atoms with van der Waals surface area (Å²) in [5, 5.41) is 16.6. The van der Waals surface area contributed by atoms with Crippen molar-refractivity contribution in [1.29, 1.82) is 0 Å². The Morgan fingerprint density at radius 2 is 1.84 bits per heavy atom. The summed E-state index contributed by atoms with van der Waals surface area (Å²) >= 11 is 6.05. The number of carbonyl (C=O) groups excluding carboxylic acids is 1. The van der Waals surface area contributed by atoms with Gasteiger partial charge in [-0.15, -0.1) is 0 Å². The summed E-state index contributed by atoms with van der Waals surface area (Å²) in [6.45, 7) is 10.2. The van der Waals surface area contributed by atoms with E-state index in [-0.39, 0.29) is 18.1 Å². The topological polar surface area (TPSA) is 74.3 Å². The number of likely N-dealkylation sites (tertiary alicyclic amines) is 1. The fraction of sp³-hybridized carbons (Fsp3) is 0.765. The number of thiocarbonyl (C=S) groups is 1. The first-order valence-electron chi connectivity index (χ1n) is 16.7. The normalized spacial score (nSPS) is 20.2. The van der Waals surface area contributed by atoms with E-state index in [2.05, 4.69) is 42.0 Å². The van der Waals surface area contributed by atoms with Crippen LogP contribution in [0.3, 0.4) is 0 Å². The first kappa shape index (κ1) is 35.8. The molecule has 1 aliphatic carbocycles. The number of hydrogen-bond acceptors (Lipinski definition) is 5. The second kappa shape index (κ2) is 17.7. The molecule has 0 spiro atoms. The van der Waals surface area contributed by atoms with Gasteiger partial charge in [-0.3, -0.25) is 0 Å². The van der Waals surface area contributed by atoms with Crippen molar-refractivity contribution in [3.63, 3.8) is 0 Å². The maximum atomic E-state index is 12.9. The van der Waals surface area contributed by atoms with Crippen molar-refractivity contribution in [2.75, 3.05) is 47.0 Å². The Kier molecular flexibility index (Phi) is 14.7. The van der Waals surface area contributed by atoms with Gasteiger partial charge in [0.1, 0.15) is 0 Å². The van der Waals surface area contributed by atoms with Crippen molar-refractivity contribution in [3.8, 4) is 0 Å². The maximum Gasteiger partial charge on any atom is 0.409 e. The molecule has 1 saturated carbocycles. The molecular weight excluding hydrogens is 575 g/mol. The van der Waals surface area contributed by atoms with Gasteiger partial charge in [-0.2, -0.15) is 0 Å². The molecule has 0 aromatic heterocycles. The Morgan fingerprint density at radius 3 is 2.51 bits per heavy atom. The van der Waals surface area contributed by atoms with E-state index in [1.807, 2.05) is 25.2 Å². The summed E-state index contributed by atoms with van der Waals surface area (Å²) in [6.07, 6.45) is 11.6. The van der Waals surface area contributed by atoms with Gasteiger partial charge in [-0.25, -0.2) is 4.79 Å². The van der Waals surface area contributed by atoms with E-state index in [9.17, 15) is 9.90 Å². The number of ether oxygens (including phenoxy) is 2. The summed E-state index contributed by atoms with van der Waals surface area (Å²) in [6, 6.07) is 11.2. The lowest BCUT2D eigenvalue weighted by Gasteiger charge is -2.44. The van der Waals surface area contributed by atoms with E-state index in [1.165, 1.54) is 32.1 Å². The van der Waals surface area contributed by atoms with Crippen LogP contribution < -0.4 is 5.32 Å². The van der Waals surface area contributed by atoms with Crippen molar-refractivity contribution < 1.29 is 19.4 Å². The van der Waals surface area contributed by atoms with Crippen LogP contribution in [0.5, 0.6) is 0 Å². The highest BCUT2D eigenvalue weighted by Gasteiger charge is 2.41. The largest absolute Gasteiger partial charge is 0.450 e. The fourth-order valence-electron chi connectivity index (χ4n) is 6.73. The van der Waals surface area contributed by atoms with Crippen LogP contribution in [-0.4, -0.2) is 87.2 Å². The molecule has 43 heavy (non-hydrogen) atoms. The average Bonchev–Trinajstić information content (AvgIpc) is 2.99. The maximum absolute atomic E-state index is 12.9. The Morgan fingerprint density at radius 1 is 1.12 bits per heavy atom. The minimum Gasteiger partial charge on any atom is -0.450 e. The van der Waals surface area contributed by atoms with Gasteiger partial charge in [0.05, 0.1) is 12.2 Å². The van der Waals surface area contributed by atoms with Crippen molar-refractivity contribution in [1.82, 2.24) is 15.1 Å². The molecule has 1 aliphatic heterocycles. The zero-order valence-corrected chi connectivity index (χ0v) is 29.4. The van der Waals surface area contributed by atoms with Crippen LogP contribution in [0, 0.1) is 11.8 Å². The van der Waals surface area contributed by atoms with Crippen LogP contribution in [0.1, 0.15) is 76.2 Å². The monoisotopic (exact) mass is 633 g/mol. The molecule has 2 fully saturated rings. The number of rotatable bonds is 15. The highest BCUT2D eigenvalue weighted by Crippen LogP contribution is 2.39. The van der Waals surface area contributed by atoms with Crippen molar-refractivity contribution in [2.45, 2.75) is 108 Å². The molecule has 0 unspecified atom stereocenters. The minimum atomic E-state index is -1.27. The average molecular weight is 634 g/mol. The van der Waals surface area contributed by atoms with E-state index >= 15 is 0 Å². The first-order valence-corrected chi connectivity index (χ1v) is 20.8. The predicted octanol–water partition coefficient (Wildman–Crippen LogP) is 7.02. The number of methoxy groups -OCH3 is 1. The van der Waals surface area contributed by atoms with E-state index in [1.54, 1.807) is 12.0 Å². The third kappa shape index (κ3) is 12.0. The molecule has 1 aromatic carbocycles. The lowest BCUT2D eigenvalue weighted by Crippen LogP contribution is -2.54. The van der Waals surface area contributed by atoms with Crippen LogP contribution in [0.25, 0.3) is 0 Å². The molecule has 244 valence electrons.